The van der Waals surface area contributed by atoms with Crippen molar-refractivity contribution in [1.29, 1.82) is 0 Å². The van der Waals surface area contributed by atoms with E-state index in [0.29, 0.717) is 11.3 Å². The van der Waals surface area contributed by atoms with E-state index >= 15 is 0 Å². The van der Waals surface area contributed by atoms with Crippen molar-refractivity contribution in [2.75, 3.05) is 7.11 Å². The molecule has 1 nitrogen and oxygen atoms in total. The molecule has 1 atom stereocenters. The fraction of sp³-hybridized carbons (Fsp3) is 0.500. The Morgan fingerprint density at radius 1 is 1.24 bits per heavy atom. The summed E-state index contributed by atoms with van der Waals surface area (Å²) in [6, 6.07) is 8.22. The summed E-state index contributed by atoms with van der Waals surface area (Å²) in [5.74, 6) is 1.37. The molecule has 0 radical (unpaired) electrons. The highest BCUT2D eigenvalue weighted by Gasteiger charge is 2.09. The van der Waals surface area contributed by atoms with Gasteiger partial charge in [0, 0.05) is 11.5 Å². The maximum absolute atomic E-state index is 5.38. The van der Waals surface area contributed by atoms with Gasteiger partial charge >= 0.3 is 0 Å². The quantitative estimate of drug-likeness (QED) is 0.678. The van der Waals surface area contributed by atoms with Crippen LogP contribution in [0.25, 0.3) is 0 Å². The van der Waals surface area contributed by atoms with Crippen LogP contribution in [0.3, 0.4) is 0 Å². The number of rotatable bonds is 4. The standard InChI is InChI=1S/C16H24O/c1-13(9-8-12-16(2,3)4)14-10-6-7-11-15(14)17-5/h6-11,13H,12H2,1-5H3. The summed E-state index contributed by atoms with van der Waals surface area (Å²) < 4.78 is 5.38. The fourth-order valence-corrected chi connectivity index (χ4v) is 1.77. The number of hydrogen-bond donors (Lipinski definition) is 0. The van der Waals surface area contributed by atoms with E-state index in [9.17, 15) is 0 Å². The minimum atomic E-state index is 0.358. The largest absolute Gasteiger partial charge is 0.496 e. The van der Waals surface area contributed by atoms with Crippen LogP contribution in [0.15, 0.2) is 36.4 Å². The van der Waals surface area contributed by atoms with E-state index in [0.717, 1.165) is 12.2 Å². The molecule has 1 aromatic rings. The van der Waals surface area contributed by atoms with Crippen molar-refractivity contribution in [2.45, 2.75) is 40.0 Å². The SMILES string of the molecule is COc1ccccc1C(C)C=CCC(C)(C)C. The van der Waals surface area contributed by atoms with Crippen molar-refractivity contribution < 1.29 is 4.74 Å². The molecule has 1 rings (SSSR count). The van der Waals surface area contributed by atoms with Gasteiger partial charge < -0.3 is 4.74 Å². The highest BCUT2D eigenvalue weighted by molar-refractivity contribution is 5.37. The molecule has 0 aliphatic carbocycles. The lowest BCUT2D eigenvalue weighted by molar-refractivity contribution is 0.408. The molecule has 0 aliphatic rings. The highest BCUT2D eigenvalue weighted by atomic mass is 16.5. The Balaban J connectivity index is 2.73. The second-order valence-corrected chi connectivity index (χ2v) is 5.72. The molecule has 0 heterocycles. The normalized spacial score (nSPS) is 13.9. The molecule has 0 aliphatic heterocycles. The van der Waals surface area contributed by atoms with E-state index in [1.54, 1.807) is 7.11 Å². The van der Waals surface area contributed by atoms with Crippen molar-refractivity contribution in [3.05, 3.63) is 42.0 Å². The Kier molecular flexibility index (Phi) is 4.80. The zero-order chi connectivity index (χ0) is 12.9. The van der Waals surface area contributed by atoms with E-state index in [4.69, 9.17) is 4.74 Å². The Hall–Kier alpha value is -1.24. The Bertz CT molecular complexity index is 371. The smallest absolute Gasteiger partial charge is 0.122 e. The number of para-hydroxylation sites is 1. The van der Waals surface area contributed by atoms with E-state index in [1.807, 2.05) is 12.1 Å². The lowest BCUT2D eigenvalue weighted by Gasteiger charge is -2.16. The van der Waals surface area contributed by atoms with Crippen LogP contribution in [0.5, 0.6) is 5.75 Å². The molecule has 1 aromatic carbocycles. The molecule has 0 saturated heterocycles. The minimum Gasteiger partial charge on any atom is -0.496 e. The van der Waals surface area contributed by atoms with Gasteiger partial charge in [-0.15, -0.1) is 0 Å². The van der Waals surface area contributed by atoms with Crippen LogP contribution in [-0.2, 0) is 0 Å². The van der Waals surface area contributed by atoms with Crippen LogP contribution in [0.4, 0.5) is 0 Å². The van der Waals surface area contributed by atoms with E-state index in [2.05, 4.69) is 52.0 Å². The van der Waals surface area contributed by atoms with Crippen molar-refractivity contribution in [1.82, 2.24) is 0 Å². The topological polar surface area (TPSA) is 9.23 Å². The van der Waals surface area contributed by atoms with Gasteiger partial charge in [0.15, 0.2) is 0 Å². The van der Waals surface area contributed by atoms with E-state index < -0.39 is 0 Å². The third-order valence-electron chi connectivity index (χ3n) is 2.78. The summed E-state index contributed by atoms with van der Waals surface area (Å²) in [5.41, 5.74) is 1.61. The highest BCUT2D eigenvalue weighted by Crippen LogP contribution is 2.28. The van der Waals surface area contributed by atoms with Gasteiger partial charge in [-0.05, 0) is 17.9 Å². The van der Waals surface area contributed by atoms with Gasteiger partial charge in [0.25, 0.3) is 0 Å². The summed E-state index contributed by atoms with van der Waals surface area (Å²) in [5, 5.41) is 0. The Labute approximate surface area is 106 Å². The lowest BCUT2D eigenvalue weighted by atomic mass is 9.91. The average molecular weight is 232 g/mol. The maximum Gasteiger partial charge on any atom is 0.122 e. The summed E-state index contributed by atoms with van der Waals surface area (Å²) in [4.78, 5) is 0. The fourth-order valence-electron chi connectivity index (χ4n) is 1.77. The molecule has 0 N–H and O–H groups in total. The predicted octanol–water partition coefficient (Wildman–Crippen LogP) is 4.79. The zero-order valence-electron chi connectivity index (χ0n) is 11.7. The van der Waals surface area contributed by atoms with Gasteiger partial charge in [-0.1, -0.05) is 58.0 Å². The van der Waals surface area contributed by atoms with E-state index in [1.165, 1.54) is 5.56 Å². The van der Waals surface area contributed by atoms with Gasteiger partial charge in [0.2, 0.25) is 0 Å². The predicted molar refractivity (Wildman–Crippen MR) is 74.6 cm³/mol. The lowest BCUT2D eigenvalue weighted by Crippen LogP contribution is -2.02. The first-order valence-electron chi connectivity index (χ1n) is 6.23. The van der Waals surface area contributed by atoms with Crippen LogP contribution in [0, 0.1) is 5.41 Å². The van der Waals surface area contributed by atoms with Crippen LogP contribution in [0.1, 0.15) is 45.6 Å². The first-order valence-corrected chi connectivity index (χ1v) is 6.23. The van der Waals surface area contributed by atoms with Crippen molar-refractivity contribution >= 4 is 0 Å². The number of ether oxygens (including phenoxy) is 1. The summed E-state index contributed by atoms with van der Waals surface area (Å²) in [7, 11) is 1.73. The molecule has 0 fully saturated rings. The van der Waals surface area contributed by atoms with Gasteiger partial charge in [0.05, 0.1) is 7.11 Å². The summed E-state index contributed by atoms with van der Waals surface area (Å²) in [6.45, 7) is 8.97. The Morgan fingerprint density at radius 3 is 2.47 bits per heavy atom. The first-order chi connectivity index (χ1) is 7.94. The summed E-state index contributed by atoms with van der Waals surface area (Å²) >= 11 is 0. The number of allylic oxidation sites excluding steroid dienone is 2. The first kappa shape index (κ1) is 13.8. The average Bonchev–Trinajstić information content (AvgIpc) is 2.27. The molecule has 17 heavy (non-hydrogen) atoms. The molecule has 1 unspecified atom stereocenters. The van der Waals surface area contributed by atoms with Crippen LogP contribution < -0.4 is 4.74 Å². The zero-order valence-corrected chi connectivity index (χ0v) is 11.7. The minimum absolute atomic E-state index is 0.358. The van der Waals surface area contributed by atoms with Gasteiger partial charge in [-0.3, -0.25) is 0 Å². The molecular weight excluding hydrogens is 208 g/mol. The van der Waals surface area contributed by atoms with Gasteiger partial charge in [-0.2, -0.15) is 0 Å². The van der Waals surface area contributed by atoms with Crippen LogP contribution >= 0.6 is 0 Å². The van der Waals surface area contributed by atoms with Gasteiger partial charge in [-0.25, -0.2) is 0 Å². The van der Waals surface area contributed by atoms with Gasteiger partial charge in [0.1, 0.15) is 5.75 Å². The molecule has 0 aromatic heterocycles. The number of methoxy groups -OCH3 is 1. The maximum atomic E-state index is 5.38. The molecule has 94 valence electrons. The molecule has 0 amide bonds. The third-order valence-corrected chi connectivity index (χ3v) is 2.78. The summed E-state index contributed by atoms with van der Waals surface area (Å²) in [6.07, 6.45) is 5.65. The molecule has 0 spiro atoms. The second kappa shape index (κ2) is 5.90. The molecular formula is C16H24O. The van der Waals surface area contributed by atoms with Crippen LogP contribution in [0.2, 0.25) is 0 Å². The molecule has 0 saturated carbocycles. The van der Waals surface area contributed by atoms with E-state index in [-0.39, 0.29) is 0 Å². The molecule has 1 heteroatoms. The van der Waals surface area contributed by atoms with Crippen molar-refractivity contribution in [2.24, 2.45) is 5.41 Å². The van der Waals surface area contributed by atoms with Crippen molar-refractivity contribution in [3.8, 4) is 5.75 Å². The number of benzene rings is 1. The second-order valence-electron chi connectivity index (χ2n) is 5.72. The van der Waals surface area contributed by atoms with Crippen molar-refractivity contribution in [3.63, 3.8) is 0 Å². The molecule has 0 bridgehead atoms. The monoisotopic (exact) mass is 232 g/mol. The third kappa shape index (κ3) is 4.64. The van der Waals surface area contributed by atoms with Crippen LogP contribution in [-0.4, -0.2) is 7.11 Å². The number of hydrogen-bond acceptors (Lipinski definition) is 1. The Morgan fingerprint density at radius 2 is 1.88 bits per heavy atom.